The van der Waals surface area contributed by atoms with Crippen LogP contribution in [0.15, 0.2) is 77.1 Å². The van der Waals surface area contributed by atoms with Crippen LogP contribution in [0.5, 0.6) is 0 Å². The molecule has 0 bridgehead atoms. The highest BCUT2D eigenvalue weighted by molar-refractivity contribution is 8.00. The zero-order chi connectivity index (χ0) is 19.3. The first-order valence-electron chi connectivity index (χ1n) is 8.99. The molecule has 0 fully saturated rings. The van der Waals surface area contributed by atoms with Gasteiger partial charge in [-0.3, -0.25) is 4.79 Å². The molecule has 0 aliphatic rings. The van der Waals surface area contributed by atoms with Crippen LogP contribution in [-0.4, -0.2) is 21.9 Å². The minimum Gasteiger partial charge on any atom is -0.348 e. The molecule has 0 saturated heterocycles. The molecule has 140 valence electrons. The van der Waals surface area contributed by atoms with E-state index in [-0.39, 0.29) is 11.9 Å². The normalized spacial score (nSPS) is 12.0. The molecule has 1 unspecified atom stereocenters. The van der Waals surface area contributed by atoms with Gasteiger partial charge in [0.2, 0.25) is 5.91 Å². The predicted molar refractivity (Wildman–Crippen MR) is 117 cm³/mol. The zero-order valence-corrected chi connectivity index (χ0v) is 17.0. The van der Waals surface area contributed by atoms with Gasteiger partial charge in [0.15, 0.2) is 0 Å². The second-order valence-electron chi connectivity index (χ2n) is 6.36. The van der Waals surface area contributed by atoms with Crippen molar-refractivity contribution < 1.29 is 4.79 Å². The van der Waals surface area contributed by atoms with Crippen molar-refractivity contribution in [1.82, 2.24) is 15.5 Å². The number of amides is 1. The Kier molecular flexibility index (Phi) is 5.69. The number of nitrogens with zero attached hydrogens (tertiary/aromatic N) is 2. The van der Waals surface area contributed by atoms with Crippen molar-refractivity contribution in [2.75, 3.05) is 5.75 Å². The van der Waals surface area contributed by atoms with E-state index < -0.39 is 0 Å². The van der Waals surface area contributed by atoms with Crippen LogP contribution in [-0.2, 0) is 4.79 Å². The van der Waals surface area contributed by atoms with Crippen molar-refractivity contribution >= 4 is 39.8 Å². The van der Waals surface area contributed by atoms with Crippen LogP contribution < -0.4 is 5.32 Å². The molecule has 0 saturated carbocycles. The monoisotopic (exact) mass is 405 g/mol. The molecule has 1 amide bonds. The number of thiophene rings is 1. The molecule has 4 nitrogen and oxygen atoms in total. The fourth-order valence-electron chi connectivity index (χ4n) is 3.02. The zero-order valence-electron chi connectivity index (χ0n) is 15.3. The summed E-state index contributed by atoms with van der Waals surface area (Å²) in [6.07, 6.45) is 0. The Morgan fingerprint density at radius 2 is 1.75 bits per heavy atom. The van der Waals surface area contributed by atoms with E-state index >= 15 is 0 Å². The highest BCUT2D eigenvalue weighted by Crippen LogP contribution is 2.31. The van der Waals surface area contributed by atoms with Gasteiger partial charge in [-0.05, 0) is 18.4 Å². The first kappa shape index (κ1) is 18.7. The number of aromatic nitrogens is 2. The third kappa shape index (κ3) is 4.08. The maximum Gasteiger partial charge on any atom is 0.230 e. The quantitative estimate of drug-likeness (QED) is 0.441. The van der Waals surface area contributed by atoms with Gasteiger partial charge in [0.1, 0.15) is 10.7 Å². The Labute approximate surface area is 172 Å². The summed E-state index contributed by atoms with van der Waals surface area (Å²) < 4.78 is 0. The van der Waals surface area contributed by atoms with Crippen LogP contribution in [0.2, 0.25) is 0 Å². The molecule has 4 rings (SSSR count). The molecule has 1 atom stereocenters. The minimum absolute atomic E-state index is 0.0103. The topological polar surface area (TPSA) is 54.9 Å². The summed E-state index contributed by atoms with van der Waals surface area (Å²) in [4.78, 5) is 13.5. The molecule has 1 N–H and O–H groups in total. The molecular formula is C22H19N3OS2. The van der Waals surface area contributed by atoms with Crippen molar-refractivity contribution in [2.24, 2.45) is 0 Å². The van der Waals surface area contributed by atoms with Crippen molar-refractivity contribution in [3.8, 4) is 11.3 Å². The van der Waals surface area contributed by atoms with E-state index in [0.717, 1.165) is 31.9 Å². The molecule has 0 aliphatic heterocycles. The number of carbonyl (C=O) groups excluding carboxylic acids is 1. The van der Waals surface area contributed by atoms with Crippen LogP contribution >= 0.6 is 23.1 Å². The summed E-state index contributed by atoms with van der Waals surface area (Å²) in [5.41, 5.74) is 1.89. The van der Waals surface area contributed by atoms with E-state index in [1.807, 2.05) is 73.0 Å². The van der Waals surface area contributed by atoms with Crippen LogP contribution in [0.3, 0.4) is 0 Å². The third-order valence-corrected chi connectivity index (χ3v) is 6.42. The van der Waals surface area contributed by atoms with Gasteiger partial charge in [-0.15, -0.1) is 21.5 Å². The van der Waals surface area contributed by atoms with Crippen LogP contribution in [0.1, 0.15) is 17.8 Å². The smallest absolute Gasteiger partial charge is 0.230 e. The van der Waals surface area contributed by atoms with Crippen LogP contribution in [0.25, 0.3) is 22.0 Å². The highest BCUT2D eigenvalue weighted by atomic mass is 32.2. The average molecular weight is 406 g/mol. The summed E-state index contributed by atoms with van der Waals surface area (Å²) in [6, 6.07) is 22.1. The fraction of sp³-hybridized carbons (Fsp3) is 0.136. The Morgan fingerprint density at radius 1 is 1.00 bits per heavy atom. The number of hydrogen-bond donors (Lipinski definition) is 1. The van der Waals surface area contributed by atoms with Gasteiger partial charge in [-0.25, -0.2) is 0 Å². The van der Waals surface area contributed by atoms with E-state index in [1.54, 1.807) is 11.3 Å². The molecule has 4 aromatic rings. The SMILES string of the molecule is CC(NC(=O)CSc1nnc(-c2ccccc2)c2ccccc12)c1cccs1. The van der Waals surface area contributed by atoms with Gasteiger partial charge in [-0.1, -0.05) is 72.4 Å². The number of thioether (sulfide) groups is 1. The van der Waals surface area contributed by atoms with E-state index in [0.29, 0.717) is 5.75 Å². The first-order chi connectivity index (χ1) is 13.7. The van der Waals surface area contributed by atoms with Gasteiger partial charge < -0.3 is 5.32 Å². The summed E-state index contributed by atoms with van der Waals surface area (Å²) >= 11 is 3.06. The summed E-state index contributed by atoms with van der Waals surface area (Å²) in [7, 11) is 0. The molecule has 28 heavy (non-hydrogen) atoms. The molecule has 0 spiro atoms. The Balaban J connectivity index is 1.53. The Hall–Kier alpha value is -2.70. The molecule has 2 aromatic heterocycles. The van der Waals surface area contributed by atoms with Gasteiger partial charge in [0.05, 0.1) is 11.8 Å². The van der Waals surface area contributed by atoms with E-state index in [1.165, 1.54) is 11.8 Å². The molecule has 0 radical (unpaired) electrons. The highest BCUT2D eigenvalue weighted by Gasteiger charge is 2.14. The number of fused-ring (bicyclic) bond motifs is 1. The van der Waals surface area contributed by atoms with Crippen LogP contribution in [0, 0.1) is 0 Å². The summed E-state index contributed by atoms with van der Waals surface area (Å²) in [5, 5.41) is 16.8. The standard InChI is InChI=1S/C22H19N3OS2/c1-15(19-12-7-13-27-19)23-20(26)14-28-22-18-11-6-5-10-17(18)21(24-25-22)16-8-3-2-4-9-16/h2-13,15H,14H2,1H3,(H,23,26). The molecule has 2 heterocycles. The molecule has 6 heteroatoms. The van der Waals surface area contributed by atoms with Crippen molar-refractivity contribution in [3.05, 3.63) is 77.0 Å². The lowest BCUT2D eigenvalue weighted by molar-refractivity contribution is -0.119. The van der Waals surface area contributed by atoms with E-state index in [9.17, 15) is 4.79 Å². The second kappa shape index (κ2) is 8.54. The van der Waals surface area contributed by atoms with E-state index in [4.69, 9.17) is 0 Å². The minimum atomic E-state index is -0.0103. The lowest BCUT2D eigenvalue weighted by Gasteiger charge is -2.12. The maximum absolute atomic E-state index is 12.4. The van der Waals surface area contributed by atoms with Gasteiger partial charge in [-0.2, -0.15) is 0 Å². The molecular weight excluding hydrogens is 386 g/mol. The number of nitrogens with one attached hydrogen (secondary N) is 1. The number of carbonyl (C=O) groups is 1. The van der Waals surface area contributed by atoms with Gasteiger partial charge in [0.25, 0.3) is 0 Å². The van der Waals surface area contributed by atoms with Crippen molar-refractivity contribution in [2.45, 2.75) is 18.0 Å². The predicted octanol–water partition coefficient (Wildman–Crippen LogP) is 5.33. The molecule has 2 aromatic carbocycles. The number of benzene rings is 2. The first-order valence-corrected chi connectivity index (χ1v) is 10.9. The lowest BCUT2D eigenvalue weighted by Crippen LogP contribution is -2.27. The second-order valence-corrected chi connectivity index (χ2v) is 8.30. The summed E-state index contributed by atoms with van der Waals surface area (Å²) in [6.45, 7) is 2.00. The van der Waals surface area contributed by atoms with E-state index in [2.05, 4.69) is 21.6 Å². The van der Waals surface area contributed by atoms with Crippen LogP contribution in [0.4, 0.5) is 0 Å². The average Bonchev–Trinajstić information content (AvgIpc) is 3.28. The van der Waals surface area contributed by atoms with Gasteiger partial charge in [0, 0.05) is 21.2 Å². The Bertz CT molecular complexity index is 1080. The van der Waals surface area contributed by atoms with Crippen molar-refractivity contribution in [1.29, 1.82) is 0 Å². The summed E-state index contributed by atoms with van der Waals surface area (Å²) in [5.74, 6) is 0.294. The maximum atomic E-state index is 12.4. The lowest BCUT2D eigenvalue weighted by atomic mass is 10.1. The number of hydrogen-bond acceptors (Lipinski definition) is 5. The number of rotatable bonds is 6. The fourth-order valence-corrected chi connectivity index (χ4v) is 4.54. The Morgan fingerprint density at radius 3 is 2.50 bits per heavy atom. The largest absolute Gasteiger partial charge is 0.348 e. The molecule has 0 aliphatic carbocycles. The van der Waals surface area contributed by atoms with Gasteiger partial charge >= 0.3 is 0 Å². The van der Waals surface area contributed by atoms with Crippen molar-refractivity contribution in [3.63, 3.8) is 0 Å². The third-order valence-electron chi connectivity index (χ3n) is 4.39.